The number of hydrogen-bond donors (Lipinski definition) is 1. The molecule has 0 aliphatic heterocycles. The van der Waals surface area contributed by atoms with E-state index in [1.165, 1.54) is 4.88 Å². The van der Waals surface area contributed by atoms with Crippen LogP contribution in [0, 0.1) is 0 Å². The molecule has 1 N–H and O–H groups in total. The standard InChI is InChI=1S/C14H16O3S/c1-16-14-9-11(10-15)4-5-13(14)17-7-6-12-3-2-8-18-12/h2-5,8-9,15H,6-7,10H2,1H3. The molecular weight excluding hydrogens is 248 g/mol. The van der Waals surface area contributed by atoms with Gasteiger partial charge >= 0.3 is 0 Å². The van der Waals surface area contributed by atoms with E-state index >= 15 is 0 Å². The number of rotatable bonds is 6. The van der Waals surface area contributed by atoms with Gasteiger partial charge in [0.2, 0.25) is 0 Å². The predicted molar refractivity (Wildman–Crippen MR) is 72.4 cm³/mol. The molecule has 18 heavy (non-hydrogen) atoms. The molecule has 2 rings (SSSR count). The highest BCUT2D eigenvalue weighted by Gasteiger charge is 2.05. The third-order valence-corrected chi connectivity index (χ3v) is 3.53. The first-order chi connectivity index (χ1) is 8.83. The Kier molecular flexibility index (Phi) is 4.61. The Labute approximate surface area is 111 Å². The van der Waals surface area contributed by atoms with Crippen molar-refractivity contribution in [2.24, 2.45) is 0 Å². The van der Waals surface area contributed by atoms with Gasteiger partial charge in [-0.15, -0.1) is 11.3 Å². The van der Waals surface area contributed by atoms with Crippen molar-refractivity contribution >= 4 is 11.3 Å². The van der Waals surface area contributed by atoms with Crippen molar-refractivity contribution in [2.75, 3.05) is 13.7 Å². The summed E-state index contributed by atoms with van der Waals surface area (Å²) in [5.41, 5.74) is 0.817. The van der Waals surface area contributed by atoms with Gasteiger partial charge < -0.3 is 14.6 Å². The zero-order valence-corrected chi connectivity index (χ0v) is 11.1. The lowest BCUT2D eigenvalue weighted by Crippen LogP contribution is -2.02. The maximum atomic E-state index is 9.05. The Bertz CT molecular complexity index is 480. The van der Waals surface area contributed by atoms with Gasteiger partial charge in [-0.3, -0.25) is 0 Å². The zero-order chi connectivity index (χ0) is 12.8. The van der Waals surface area contributed by atoms with E-state index in [0.29, 0.717) is 18.1 Å². The molecule has 96 valence electrons. The number of methoxy groups -OCH3 is 1. The Hall–Kier alpha value is -1.52. The highest BCUT2D eigenvalue weighted by atomic mass is 32.1. The molecule has 4 heteroatoms. The van der Waals surface area contributed by atoms with Crippen molar-refractivity contribution in [3.05, 3.63) is 46.2 Å². The lowest BCUT2D eigenvalue weighted by Gasteiger charge is -2.11. The van der Waals surface area contributed by atoms with Crippen LogP contribution in [0.15, 0.2) is 35.7 Å². The first-order valence-corrected chi connectivity index (χ1v) is 6.64. The van der Waals surface area contributed by atoms with Crippen LogP contribution in [-0.2, 0) is 13.0 Å². The highest BCUT2D eigenvalue weighted by molar-refractivity contribution is 7.09. The molecule has 0 fully saturated rings. The van der Waals surface area contributed by atoms with Gasteiger partial charge in [-0.25, -0.2) is 0 Å². The molecule has 0 bridgehead atoms. The third-order valence-electron chi connectivity index (χ3n) is 2.60. The van der Waals surface area contributed by atoms with E-state index in [-0.39, 0.29) is 6.61 Å². The summed E-state index contributed by atoms with van der Waals surface area (Å²) in [5, 5.41) is 11.1. The number of ether oxygens (including phenoxy) is 2. The quantitative estimate of drug-likeness (QED) is 0.872. The van der Waals surface area contributed by atoms with Crippen molar-refractivity contribution < 1.29 is 14.6 Å². The Morgan fingerprint density at radius 2 is 2.11 bits per heavy atom. The Morgan fingerprint density at radius 3 is 2.78 bits per heavy atom. The van der Waals surface area contributed by atoms with Crippen LogP contribution in [-0.4, -0.2) is 18.8 Å². The lowest BCUT2D eigenvalue weighted by atomic mass is 10.2. The summed E-state index contributed by atoms with van der Waals surface area (Å²) in [6, 6.07) is 9.60. The van der Waals surface area contributed by atoms with Gasteiger partial charge in [0.05, 0.1) is 20.3 Å². The highest BCUT2D eigenvalue weighted by Crippen LogP contribution is 2.28. The minimum absolute atomic E-state index is 0.00579. The van der Waals surface area contributed by atoms with Crippen LogP contribution in [0.3, 0.4) is 0 Å². The van der Waals surface area contributed by atoms with Crippen LogP contribution in [0.25, 0.3) is 0 Å². The number of benzene rings is 1. The van der Waals surface area contributed by atoms with E-state index in [2.05, 4.69) is 11.4 Å². The summed E-state index contributed by atoms with van der Waals surface area (Å²) >= 11 is 1.73. The largest absolute Gasteiger partial charge is 0.493 e. The topological polar surface area (TPSA) is 38.7 Å². The second-order valence-corrected chi connectivity index (χ2v) is 4.85. The predicted octanol–water partition coefficient (Wildman–Crippen LogP) is 2.87. The number of aliphatic hydroxyl groups is 1. The van der Waals surface area contributed by atoms with Gasteiger partial charge in [-0.2, -0.15) is 0 Å². The molecular formula is C14H16O3S. The summed E-state index contributed by atoms with van der Waals surface area (Å²) < 4.78 is 10.9. The van der Waals surface area contributed by atoms with Crippen LogP contribution in [0.4, 0.5) is 0 Å². The second kappa shape index (κ2) is 6.42. The van der Waals surface area contributed by atoms with E-state index in [9.17, 15) is 0 Å². The van der Waals surface area contributed by atoms with E-state index in [0.717, 1.165) is 12.0 Å². The monoisotopic (exact) mass is 264 g/mol. The first-order valence-electron chi connectivity index (χ1n) is 5.76. The van der Waals surface area contributed by atoms with Gasteiger partial charge in [0, 0.05) is 11.3 Å². The molecule has 1 heterocycles. The molecule has 0 saturated carbocycles. The van der Waals surface area contributed by atoms with Gasteiger partial charge in [0.25, 0.3) is 0 Å². The fourth-order valence-corrected chi connectivity index (χ4v) is 2.34. The summed E-state index contributed by atoms with van der Waals surface area (Å²) in [4.78, 5) is 1.31. The van der Waals surface area contributed by atoms with Crippen molar-refractivity contribution in [3.8, 4) is 11.5 Å². The fourth-order valence-electron chi connectivity index (χ4n) is 1.65. The van der Waals surface area contributed by atoms with E-state index in [1.54, 1.807) is 24.5 Å². The van der Waals surface area contributed by atoms with Crippen molar-refractivity contribution in [3.63, 3.8) is 0 Å². The van der Waals surface area contributed by atoms with E-state index in [4.69, 9.17) is 14.6 Å². The normalized spacial score (nSPS) is 10.3. The van der Waals surface area contributed by atoms with E-state index in [1.807, 2.05) is 18.2 Å². The third kappa shape index (κ3) is 3.24. The number of hydrogen-bond acceptors (Lipinski definition) is 4. The number of aliphatic hydroxyl groups excluding tert-OH is 1. The van der Waals surface area contributed by atoms with Crippen LogP contribution >= 0.6 is 11.3 Å². The van der Waals surface area contributed by atoms with Crippen molar-refractivity contribution in [1.29, 1.82) is 0 Å². The fraction of sp³-hybridized carbons (Fsp3) is 0.286. The van der Waals surface area contributed by atoms with Crippen LogP contribution in [0.2, 0.25) is 0 Å². The van der Waals surface area contributed by atoms with Gasteiger partial charge in [-0.1, -0.05) is 12.1 Å². The maximum Gasteiger partial charge on any atom is 0.161 e. The van der Waals surface area contributed by atoms with Crippen molar-refractivity contribution in [1.82, 2.24) is 0 Å². The average molecular weight is 264 g/mol. The van der Waals surface area contributed by atoms with Crippen LogP contribution in [0.5, 0.6) is 11.5 Å². The zero-order valence-electron chi connectivity index (χ0n) is 10.3. The molecule has 3 nitrogen and oxygen atoms in total. The molecule has 2 aromatic rings. The lowest BCUT2D eigenvalue weighted by molar-refractivity contribution is 0.277. The molecule has 0 aliphatic carbocycles. The molecule has 0 unspecified atom stereocenters. The minimum atomic E-state index is 0.00579. The molecule has 0 radical (unpaired) electrons. The average Bonchev–Trinajstić information content (AvgIpc) is 2.92. The Morgan fingerprint density at radius 1 is 1.22 bits per heavy atom. The van der Waals surface area contributed by atoms with E-state index < -0.39 is 0 Å². The minimum Gasteiger partial charge on any atom is -0.493 e. The summed E-state index contributed by atoms with van der Waals surface area (Å²) in [6.07, 6.45) is 0.891. The molecule has 0 saturated heterocycles. The van der Waals surface area contributed by atoms with Gasteiger partial charge in [0.1, 0.15) is 0 Å². The van der Waals surface area contributed by atoms with Gasteiger partial charge in [-0.05, 0) is 29.1 Å². The molecule has 0 spiro atoms. The summed E-state index contributed by atoms with van der Waals surface area (Å²) in [7, 11) is 1.60. The second-order valence-electron chi connectivity index (χ2n) is 3.82. The smallest absolute Gasteiger partial charge is 0.161 e. The Balaban J connectivity index is 1.96. The molecule has 0 amide bonds. The van der Waals surface area contributed by atoms with Gasteiger partial charge in [0.15, 0.2) is 11.5 Å². The van der Waals surface area contributed by atoms with Crippen LogP contribution < -0.4 is 9.47 Å². The summed E-state index contributed by atoms with van der Waals surface area (Å²) in [6.45, 7) is 0.626. The molecule has 1 aromatic heterocycles. The number of thiophene rings is 1. The van der Waals surface area contributed by atoms with Crippen molar-refractivity contribution in [2.45, 2.75) is 13.0 Å². The molecule has 1 aromatic carbocycles. The maximum absolute atomic E-state index is 9.05. The molecule has 0 aliphatic rings. The summed E-state index contributed by atoms with van der Waals surface area (Å²) in [5.74, 6) is 1.37. The SMILES string of the molecule is COc1cc(CO)ccc1OCCc1cccs1. The van der Waals surface area contributed by atoms with Crippen LogP contribution in [0.1, 0.15) is 10.4 Å². The first kappa shape index (κ1) is 12.9. The molecule has 0 atom stereocenters.